The molecule has 2 rings (SSSR count). The molecule has 1 fully saturated rings. The molecule has 0 aliphatic carbocycles. The van der Waals surface area contributed by atoms with Crippen LogP contribution in [0.3, 0.4) is 0 Å². The van der Waals surface area contributed by atoms with E-state index in [0.717, 1.165) is 25.5 Å². The van der Waals surface area contributed by atoms with E-state index in [2.05, 4.69) is 28.3 Å². The molecule has 0 saturated carbocycles. The van der Waals surface area contributed by atoms with Crippen molar-refractivity contribution in [3.63, 3.8) is 0 Å². The third-order valence-corrected chi connectivity index (χ3v) is 2.50. The van der Waals surface area contributed by atoms with Gasteiger partial charge in [-0.15, -0.1) is 12.4 Å². The van der Waals surface area contributed by atoms with Crippen molar-refractivity contribution in [2.24, 2.45) is 7.05 Å². The van der Waals surface area contributed by atoms with Gasteiger partial charge >= 0.3 is 0 Å². The molecular weight excluding hydrogens is 200 g/mol. The van der Waals surface area contributed by atoms with Crippen LogP contribution in [0.5, 0.6) is 0 Å². The minimum absolute atomic E-state index is 0. The first-order valence-corrected chi connectivity index (χ1v) is 4.74. The molecule has 0 radical (unpaired) electrons. The van der Waals surface area contributed by atoms with E-state index in [1.165, 1.54) is 0 Å². The highest BCUT2D eigenvalue weighted by Crippen LogP contribution is 2.14. The summed E-state index contributed by atoms with van der Waals surface area (Å²) >= 11 is 0. The first-order chi connectivity index (χ1) is 6.27. The zero-order valence-electron chi connectivity index (χ0n) is 8.60. The standard InChI is InChI=1S/C9H16N4.ClH/c1-8-7-10-4-6-13(8)9-3-5-12(2)11-9;/h3,5,8,10H,4,6-7H2,1-2H3;1H. The topological polar surface area (TPSA) is 33.1 Å². The predicted molar refractivity (Wildman–Crippen MR) is 60.1 cm³/mol. The smallest absolute Gasteiger partial charge is 0.150 e. The van der Waals surface area contributed by atoms with Gasteiger partial charge in [-0.3, -0.25) is 4.68 Å². The molecule has 2 heterocycles. The molecule has 1 unspecified atom stereocenters. The van der Waals surface area contributed by atoms with E-state index >= 15 is 0 Å². The van der Waals surface area contributed by atoms with Gasteiger partial charge in [-0.2, -0.15) is 5.10 Å². The number of rotatable bonds is 1. The molecule has 0 bridgehead atoms. The Hall–Kier alpha value is -0.740. The van der Waals surface area contributed by atoms with E-state index in [1.807, 2.05) is 17.9 Å². The maximum absolute atomic E-state index is 4.40. The normalized spacial score (nSPS) is 21.9. The second-order valence-electron chi connectivity index (χ2n) is 3.59. The van der Waals surface area contributed by atoms with Gasteiger partial charge in [0.25, 0.3) is 0 Å². The Morgan fingerprint density at radius 1 is 1.57 bits per heavy atom. The molecule has 4 nitrogen and oxygen atoms in total. The lowest BCUT2D eigenvalue weighted by Gasteiger charge is -2.33. The van der Waals surface area contributed by atoms with Crippen molar-refractivity contribution in [2.75, 3.05) is 24.5 Å². The lowest BCUT2D eigenvalue weighted by atomic mass is 10.2. The van der Waals surface area contributed by atoms with Gasteiger partial charge < -0.3 is 10.2 Å². The van der Waals surface area contributed by atoms with Crippen LogP contribution in [0.4, 0.5) is 5.82 Å². The second kappa shape index (κ2) is 4.66. The Morgan fingerprint density at radius 3 is 2.93 bits per heavy atom. The average molecular weight is 217 g/mol. The van der Waals surface area contributed by atoms with Crippen molar-refractivity contribution >= 4 is 18.2 Å². The molecule has 1 N–H and O–H groups in total. The molecule has 1 aliphatic heterocycles. The zero-order chi connectivity index (χ0) is 9.26. The molecular formula is C9H17ClN4. The minimum atomic E-state index is 0. The summed E-state index contributed by atoms with van der Waals surface area (Å²) in [5.74, 6) is 1.09. The van der Waals surface area contributed by atoms with E-state index in [9.17, 15) is 0 Å². The number of anilines is 1. The highest BCUT2D eigenvalue weighted by molar-refractivity contribution is 5.85. The van der Waals surface area contributed by atoms with Crippen LogP contribution >= 0.6 is 12.4 Å². The van der Waals surface area contributed by atoms with Gasteiger partial charge in [-0.1, -0.05) is 0 Å². The van der Waals surface area contributed by atoms with Gasteiger partial charge in [0.15, 0.2) is 5.82 Å². The molecule has 0 amide bonds. The number of hydrogen-bond acceptors (Lipinski definition) is 3. The van der Waals surface area contributed by atoms with E-state index in [4.69, 9.17) is 0 Å². The summed E-state index contributed by atoms with van der Waals surface area (Å²) in [5.41, 5.74) is 0. The number of piperazine rings is 1. The summed E-state index contributed by atoms with van der Waals surface area (Å²) in [5, 5.41) is 7.76. The molecule has 1 saturated heterocycles. The van der Waals surface area contributed by atoms with Crippen LogP contribution in [0.1, 0.15) is 6.92 Å². The van der Waals surface area contributed by atoms with Gasteiger partial charge in [-0.25, -0.2) is 0 Å². The number of nitrogens with one attached hydrogen (secondary N) is 1. The van der Waals surface area contributed by atoms with E-state index in [0.29, 0.717) is 6.04 Å². The molecule has 0 spiro atoms. The van der Waals surface area contributed by atoms with E-state index < -0.39 is 0 Å². The number of halogens is 1. The lowest BCUT2D eigenvalue weighted by molar-refractivity contribution is 0.495. The van der Waals surface area contributed by atoms with Gasteiger partial charge in [-0.05, 0) is 6.92 Å². The van der Waals surface area contributed by atoms with Crippen molar-refractivity contribution in [1.29, 1.82) is 0 Å². The third-order valence-electron chi connectivity index (χ3n) is 2.50. The van der Waals surface area contributed by atoms with E-state index in [-0.39, 0.29) is 12.4 Å². The molecule has 80 valence electrons. The van der Waals surface area contributed by atoms with Crippen LogP contribution in [0.15, 0.2) is 12.3 Å². The number of nitrogens with zero attached hydrogens (tertiary/aromatic N) is 3. The van der Waals surface area contributed by atoms with Crippen molar-refractivity contribution in [3.05, 3.63) is 12.3 Å². The van der Waals surface area contributed by atoms with Crippen LogP contribution in [-0.4, -0.2) is 35.5 Å². The number of aromatic nitrogens is 2. The fraction of sp³-hybridized carbons (Fsp3) is 0.667. The van der Waals surface area contributed by atoms with Crippen LogP contribution in [-0.2, 0) is 7.05 Å². The summed E-state index contributed by atoms with van der Waals surface area (Å²) in [6, 6.07) is 2.62. The lowest BCUT2D eigenvalue weighted by Crippen LogP contribution is -2.50. The van der Waals surface area contributed by atoms with Gasteiger partial charge in [0.05, 0.1) is 0 Å². The largest absolute Gasteiger partial charge is 0.350 e. The third kappa shape index (κ3) is 2.19. The van der Waals surface area contributed by atoms with Gasteiger partial charge in [0, 0.05) is 45.0 Å². The minimum Gasteiger partial charge on any atom is -0.350 e. The molecule has 1 aromatic rings. The fourth-order valence-corrected chi connectivity index (χ4v) is 1.74. The highest BCUT2D eigenvalue weighted by Gasteiger charge is 2.19. The summed E-state index contributed by atoms with van der Waals surface area (Å²) in [6.45, 7) is 5.39. The van der Waals surface area contributed by atoms with E-state index in [1.54, 1.807) is 0 Å². The monoisotopic (exact) mass is 216 g/mol. The summed E-state index contributed by atoms with van der Waals surface area (Å²) in [6.07, 6.45) is 1.99. The first-order valence-electron chi connectivity index (χ1n) is 4.74. The molecule has 0 aromatic carbocycles. The first kappa shape index (κ1) is 11.3. The molecule has 14 heavy (non-hydrogen) atoms. The summed E-state index contributed by atoms with van der Waals surface area (Å²) < 4.78 is 1.85. The van der Waals surface area contributed by atoms with Crippen LogP contribution in [0, 0.1) is 0 Å². The summed E-state index contributed by atoms with van der Waals surface area (Å²) in [4.78, 5) is 2.34. The average Bonchev–Trinajstić information content (AvgIpc) is 2.53. The zero-order valence-corrected chi connectivity index (χ0v) is 9.42. The van der Waals surface area contributed by atoms with Crippen LogP contribution in [0.2, 0.25) is 0 Å². The fourth-order valence-electron chi connectivity index (χ4n) is 1.74. The van der Waals surface area contributed by atoms with Crippen molar-refractivity contribution in [1.82, 2.24) is 15.1 Å². The Balaban J connectivity index is 0.000000980. The van der Waals surface area contributed by atoms with Crippen LogP contribution in [0.25, 0.3) is 0 Å². The quantitative estimate of drug-likeness (QED) is 0.748. The highest BCUT2D eigenvalue weighted by atomic mass is 35.5. The molecule has 1 aliphatic rings. The molecule has 1 atom stereocenters. The number of aryl methyl sites for hydroxylation is 1. The van der Waals surface area contributed by atoms with Crippen molar-refractivity contribution < 1.29 is 0 Å². The maximum Gasteiger partial charge on any atom is 0.150 e. The van der Waals surface area contributed by atoms with Gasteiger partial charge in [0.1, 0.15) is 0 Å². The predicted octanol–water partition coefficient (Wildman–Crippen LogP) is 0.640. The molecule has 5 heteroatoms. The molecule has 1 aromatic heterocycles. The van der Waals surface area contributed by atoms with Crippen LogP contribution < -0.4 is 10.2 Å². The number of hydrogen-bond donors (Lipinski definition) is 1. The van der Waals surface area contributed by atoms with Crippen molar-refractivity contribution in [3.8, 4) is 0 Å². The SMILES string of the molecule is CC1CNCCN1c1ccn(C)n1.Cl. The van der Waals surface area contributed by atoms with Crippen molar-refractivity contribution in [2.45, 2.75) is 13.0 Å². The Kier molecular flexibility index (Phi) is 3.77. The Bertz CT molecular complexity index is 286. The Labute approximate surface area is 90.7 Å². The van der Waals surface area contributed by atoms with Gasteiger partial charge in [0.2, 0.25) is 0 Å². The Morgan fingerprint density at radius 2 is 2.36 bits per heavy atom. The second-order valence-corrected chi connectivity index (χ2v) is 3.59. The summed E-state index contributed by atoms with van der Waals surface area (Å²) in [7, 11) is 1.95. The maximum atomic E-state index is 4.40.